The lowest BCUT2D eigenvalue weighted by atomic mass is 10.1. The van der Waals surface area contributed by atoms with E-state index >= 15 is 0 Å². The molecule has 74 valence electrons. The standard InChI is InChI=1S/C10H18N2O/c1-2-8(11)9(13)12-6-5-10(7-12)3-4-10/h8H,2-7,11H2,1H3. The maximum absolute atomic E-state index is 11.7. The molecule has 0 radical (unpaired) electrons. The van der Waals surface area contributed by atoms with Crippen LogP contribution in [0.3, 0.4) is 0 Å². The zero-order valence-electron chi connectivity index (χ0n) is 8.25. The third-order valence-electron chi connectivity index (χ3n) is 3.46. The van der Waals surface area contributed by atoms with Gasteiger partial charge in [-0.1, -0.05) is 6.92 Å². The number of nitrogens with two attached hydrogens (primary N) is 1. The zero-order valence-corrected chi connectivity index (χ0v) is 8.25. The highest BCUT2D eigenvalue weighted by Crippen LogP contribution is 2.52. The molecule has 1 unspecified atom stereocenters. The van der Waals surface area contributed by atoms with E-state index in [9.17, 15) is 4.79 Å². The molecule has 1 saturated heterocycles. The smallest absolute Gasteiger partial charge is 0.239 e. The first-order valence-corrected chi connectivity index (χ1v) is 5.21. The van der Waals surface area contributed by atoms with Crippen LogP contribution in [0.2, 0.25) is 0 Å². The van der Waals surface area contributed by atoms with Crippen molar-refractivity contribution in [2.24, 2.45) is 11.1 Å². The average Bonchev–Trinajstić information content (AvgIpc) is 2.74. The maximum atomic E-state index is 11.7. The van der Waals surface area contributed by atoms with Crippen molar-refractivity contribution in [3.05, 3.63) is 0 Å². The van der Waals surface area contributed by atoms with Crippen molar-refractivity contribution in [3.63, 3.8) is 0 Å². The van der Waals surface area contributed by atoms with Crippen LogP contribution in [0.15, 0.2) is 0 Å². The van der Waals surface area contributed by atoms with E-state index < -0.39 is 0 Å². The maximum Gasteiger partial charge on any atom is 0.239 e. The Morgan fingerprint density at radius 1 is 1.54 bits per heavy atom. The normalized spacial score (nSPS) is 26.5. The van der Waals surface area contributed by atoms with Gasteiger partial charge in [0.15, 0.2) is 0 Å². The molecular formula is C10H18N2O. The number of amides is 1. The summed E-state index contributed by atoms with van der Waals surface area (Å²) < 4.78 is 0. The number of carbonyl (C=O) groups is 1. The molecule has 1 atom stereocenters. The molecule has 1 spiro atoms. The van der Waals surface area contributed by atoms with Gasteiger partial charge in [-0.2, -0.15) is 0 Å². The molecule has 0 aromatic carbocycles. The molecule has 1 amide bonds. The van der Waals surface area contributed by atoms with E-state index in [1.54, 1.807) is 0 Å². The van der Waals surface area contributed by atoms with Gasteiger partial charge in [0, 0.05) is 13.1 Å². The highest BCUT2D eigenvalue weighted by molar-refractivity contribution is 5.82. The van der Waals surface area contributed by atoms with Crippen LogP contribution in [0, 0.1) is 5.41 Å². The Morgan fingerprint density at radius 2 is 2.23 bits per heavy atom. The Kier molecular flexibility index (Phi) is 2.06. The number of nitrogens with zero attached hydrogens (tertiary/aromatic N) is 1. The highest BCUT2D eigenvalue weighted by Gasteiger charge is 2.49. The second-order valence-electron chi connectivity index (χ2n) is 4.52. The second kappa shape index (κ2) is 2.98. The first-order chi connectivity index (χ1) is 6.17. The van der Waals surface area contributed by atoms with Crippen LogP contribution in [0.25, 0.3) is 0 Å². The van der Waals surface area contributed by atoms with Gasteiger partial charge in [-0.15, -0.1) is 0 Å². The number of likely N-dealkylation sites (tertiary alicyclic amines) is 1. The zero-order chi connectivity index (χ0) is 9.47. The van der Waals surface area contributed by atoms with Crippen LogP contribution in [-0.4, -0.2) is 29.9 Å². The molecular weight excluding hydrogens is 164 g/mol. The molecule has 0 bridgehead atoms. The van der Waals surface area contributed by atoms with Gasteiger partial charge in [-0.3, -0.25) is 4.79 Å². The summed E-state index contributed by atoms with van der Waals surface area (Å²) in [6.07, 6.45) is 4.59. The molecule has 2 N–H and O–H groups in total. The van der Waals surface area contributed by atoms with Crippen molar-refractivity contribution in [3.8, 4) is 0 Å². The first kappa shape index (κ1) is 9.00. The van der Waals surface area contributed by atoms with Crippen molar-refractivity contribution in [2.75, 3.05) is 13.1 Å². The summed E-state index contributed by atoms with van der Waals surface area (Å²) in [5.41, 5.74) is 6.24. The lowest BCUT2D eigenvalue weighted by Gasteiger charge is -2.19. The Hall–Kier alpha value is -0.570. The topological polar surface area (TPSA) is 46.3 Å². The molecule has 1 aliphatic heterocycles. The van der Waals surface area contributed by atoms with Gasteiger partial charge in [-0.05, 0) is 31.1 Å². The van der Waals surface area contributed by atoms with Gasteiger partial charge >= 0.3 is 0 Å². The minimum absolute atomic E-state index is 0.159. The van der Waals surface area contributed by atoms with Gasteiger partial charge in [0.2, 0.25) is 5.91 Å². The van der Waals surface area contributed by atoms with Crippen LogP contribution in [0.5, 0.6) is 0 Å². The molecule has 0 aromatic heterocycles. The molecule has 0 aromatic rings. The lowest BCUT2D eigenvalue weighted by Crippen LogP contribution is -2.42. The summed E-state index contributed by atoms with van der Waals surface area (Å²) in [6, 6.07) is -0.270. The van der Waals surface area contributed by atoms with Gasteiger partial charge in [0.1, 0.15) is 0 Å². The van der Waals surface area contributed by atoms with Gasteiger partial charge in [0.05, 0.1) is 6.04 Å². The summed E-state index contributed by atoms with van der Waals surface area (Å²) in [5.74, 6) is 0.159. The lowest BCUT2D eigenvalue weighted by molar-refractivity contribution is -0.131. The fourth-order valence-electron chi connectivity index (χ4n) is 2.12. The van der Waals surface area contributed by atoms with E-state index in [0.29, 0.717) is 5.41 Å². The number of rotatable bonds is 2. The number of hydrogen-bond donors (Lipinski definition) is 1. The Bertz CT molecular complexity index is 223. The minimum Gasteiger partial charge on any atom is -0.341 e. The van der Waals surface area contributed by atoms with Crippen LogP contribution in [-0.2, 0) is 4.79 Å². The molecule has 3 nitrogen and oxygen atoms in total. The second-order valence-corrected chi connectivity index (χ2v) is 4.52. The van der Waals surface area contributed by atoms with Gasteiger partial charge < -0.3 is 10.6 Å². The summed E-state index contributed by atoms with van der Waals surface area (Å²) in [6.45, 7) is 3.87. The van der Waals surface area contributed by atoms with E-state index in [-0.39, 0.29) is 11.9 Å². The Labute approximate surface area is 79.3 Å². The third kappa shape index (κ3) is 1.57. The van der Waals surface area contributed by atoms with E-state index in [0.717, 1.165) is 19.5 Å². The third-order valence-corrected chi connectivity index (χ3v) is 3.46. The summed E-state index contributed by atoms with van der Waals surface area (Å²) in [4.78, 5) is 13.7. The molecule has 3 heteroatoms. The molecule has 2 aliphatic rings. The van der Waals surface area contributed by atoms with Crippen molar-refractivity contribution in [1.29, 1.82) is 0 Å². The average molecular weight is 182 g/mol. The first-order valence-electron chi connectivity index (χ1n) is 5.21. The van der Waals surface area contributed by atoms with Gasteiger partial charge in [-0.25, -0.2) is 0 Å². The van der Waals surface area contributed by atoms with Crippen LogP contribution in [0.1, 0.15) is 32.6 Å². The molecule has 1 aliphatic carbocycles. The van der Waals surface area contributed by atoms with E-state index in [1.165, 1.54) is 19.3 Å². The number of carbonyl (C=O) groups excluding carboxylic acids is 1. The highest BCUT2D eigenvalue weighted by atomic mass is 16.2. The Balaban J connectivity index is 1.91. The van der Waals surface area contributed by atoms with Crippen molar-refractivity contribution in [2.45, 2.75) is 38.6 Å². The number of hydrogen-bond acceptors (Lipinski definition) is 2. The van der Waals surface area contributed by atoms with Crippen molar-refractivity contribution >= 4 is 5.91 Å². The summed E-state index contributed by atoms with van der Waals surface area (Å²) in [5, 5.41) is 0. The summed E-state index contributed by atoms with van der Waals surface area (Å²) >= 11 is 0. The molecule has 1 saturated carbocycles. The quantitative estimate of drug-likeness (QED) is 0.684. The summed E-state index contributed by atoms with van der Waals surface area (Å²) in [7, 11) is 0. The van der Waals surface area contributed by atoms with Crippen molar-refractivity contribution in [1.82, 2.24) is 4.90 Å². The van der Waals surface area contributed by atoms with E-state index in [4.69, 9.17) is 5.73 Å². The molecule has 13 heavy (non-hydrogen) atoms. The minimum atomic E-state index is -0.270. The van der Waals surface area contributed by atoms with Crippen molar-refractivity contribution < 1.29 is 4.79 Å². The fourth-order valence-corrected chi connectivity index (χ4v) is 2.12. The molecule has 2 fully saturated rings. The van der Waals surface area contributed by atoms with Crippen LogP contribution >= 0.6 is 0 Å². The Morgan fingerprint density at radius 3 is 2.69 bits per heavy atom. The van der Waals surface area contributed by atoms with Crippen LogP contribution in [0.4, 0.5) is 0 Å². The van der Waals surface area contributed by atoms with E-state index in [2.05, 4.69) is 0 Å². The largest absolute Gasteiger partial charge is 0.341 e. The van der Waals surface area contributed by atoms with E-state index in [1.807, 2.05) is 11.8 Å². The monoisotopic (exact) mass is 182 g/mol. The molecule has 2 rings (SSSR count). The predicted molar refractivity (Wildman–Crippen MR) is 51.1 cm³/mol. The fraction of sp³-hybridized carbons (Fsp3) is 0.900. The predicted octanol–water partition coefficient (Wildman–Crippen LogP) is 0.736. The van der Waals surface area contributed by atoms with Gasteiger partial charge in [0.25, 0.3) is 0 Å². The molecule has 1 heterocycles. The SMILES string of the molecule is CCC(N)C(=O)N1CCC2(CC2)C1. The van der Waals surface area contributed by atoms with Crippen LogP contribution < -0.4 is 5.73 Å².